The lowest BCUT2D eigenvalue weighted by Gasteiger charge is -2.06. The van der Waals surface area contributed by atoms with Crippen LogP contribution in [0.4, 0.5) is 0 Å². The Balaban J connectivity index is 2.07. The number of aryl methyl sites for hydroxylation is 1. The maximum absolute atomic E-state index is 13.2. The Hall–Kier alpha value is -1.57. The maximum Gasteiger partial charge on any atom is 0.213 e. The summed E-state index contributed by atoms with van der Waals surface area (Å²) in [5.41, 5.74) is 2.17. The Labute approximate surface area is 149 Å². The van der Waals surface area contributed by atoms with Crippen molar-refractivity contribution in [3.05, 3.63) is 46.7 Å². The van der Waals surface area contributed by atoms with Crippen LogP contribution in [0.3, 0.4) is 0 Å². The summed E-state index contributed by atoms with van der Waals surface area (Å²) in [5.74, 6) is 0. The van der Waals surface area contributed by atoms with Crippen LogP contribution in [0.5, 0.6) is 0 Å². The molecule has 0 saturated carbocycles. The van der Waals surface area contributed by atoms with Gasteiger partial charge in [0, 0.05) is 11.3 Å². The third-order valence-electron chi connectivity index (χ3n) is 4.17. The van der Waals surface area contributed by atoms with Crippen LogP contribution in [-0.2, 0) is 22.7 Å². The van der Waals surface area contributed by atoms with Crippen molar-refractivity contribution in [2.75, 3.05) is 6.26 Å². The molecule has 0 N–H and O–H groups in total. The summed E-state index contributed by atoms with van der Waals surface area (Å²) in [4.78, 5) is 4.97. The van der Waals surface area contributed by atoms with Crippen LogP contribution < -0.4 is 0 Å². The van der Waals surface area contributed by atoms with Gasteiger partial charge in [-0.2, -0.15) is 5.10 Å². The van der Waals surface area contributed by atoms with E-state index in [1.54, 1.807) is 36.6 Å². The Morgan fingerprint density at radius 3 is 2.67 bits per heavy atom. The van der Waals surface area contributed by atoms with Crippen molar-refractivity contribution in [2.24, 2.45) is 0 Å². The zero-order chi connectivity index (χ0) is 16.9. The monoisotopic (exact) mass is 379 g/mol. The second kappa shape index (κ2) is 5.75. The standard InChI is InChI=1S/C16H14ClN3O2S2/c1-23-16-13(24(21,22)10-6-3-2-4-7-10)15-18-12-9-5-8-11(12)14(17)20(15)19-16/h2-4,6-7H,5,8-9H2,1H3. The molecule has 0 saturated heterocycles. The Morgan fingerprint density at radius 2 is 1.96 bits per heavy atom. The van der Waals surface area contributed by atoms with Crippen molar-refractivity contribution >= 4 is 38.8 Å². The lowest BCUT2D eigenvalue weighted by Crippen LogP contribution is -2.05. The summed E-state index contributed by atoms with van der Waals surface area (Å²) in [6, 6.07) is 8.35. The average Bonchev–Trinajstić information content (AvgIpc) is 3.20. The zero-order valence-electron chi connectivity index (χ0n) is 12.9. The molecule has 2 heterocycles. The number of fused-ring (bicyclic) bond motifs is 2. The van der Waals surface area contributed by atoms with Crippen LogP contribution in [0.1, 0.15) is 17.7 Å². The average molecular weight is 380 g/mol. The molecule has 1 aromatic carbocycles. The smallest absolute Gasteiger partial charge is 0.213 e. The van der Waals surface area contributed by atoms with Crippen LogP contribution in [0.15, 0.2) is 45.1 Å². The minimum atomic E-state index is -3.72. The number of halogens is 1. The van der Waals surface area contributed by atoms with Gasteiger partial charge in [-0.15, -0.1) is 11.8 Å². The molecular weight excluding hydrogens is 366 g/mol. The van der Waals surface area contributed by atoms with Gasteiger partial charge in [0.15, 0.2) is 10.5 Å². The maximum atomic E-state index is 13.2. The van der Waals surface area contributed by atoms with Crippen LogP contribution in [0, 0.1) is 0 Å². The van der Waals surface area contributed by atoms with Crippen molar-refractivity contribution in [3.8, 4) is 0 Å². The molecule has 0 radical (unpaired) electrons. The first-order valence-corrected chi connectivity index (χ1v) is 10.6. The molecule has 0 fully saturated rings. The van der Waals surface area contributed by atoms with Crippen molar-refractivity contribution in [2.45, 2.75) is 34.1 Å². The third kappa shape index (κ3) is 2.26. The molecule has 2 aromatic heterocycles. The highest BCUT2D eigenvalue weighted by molar-refractivity contribution is 7.99. The molecule has 1 aliphatic rings. The first-order chi connectivity index (χ1) is 11.5. The van der Waals surface area contributed by atoms with Gasteiger partial charge in [0.2, 0.25) is 9.84 Å². The van der Waals surface area contributed by atoms with Gasteiger partial charge < -0.3 is 0 Å². The van der Waals surface area contributed by atoms with Crippen LogP contribution in [0.25, 0.3) is 5.65 Å². The fraction of sp³-hybridized carbons (Fsp3) is 0.250. The third-order valence-corrected chi connectivity index (χ3v) is 7.16. The summed E-state index contributed by atoms with van der Waals surface area (Å²) in [5, 5.41) is 5.29. The van der Waals surface area contributed by atoms with Crippen LogP contribution in [0.2, 0.25) is 5.15 Å². The number of hydrogen-bond acceptors (Lipinski definition) is 5. The molecule has 24 heavy (non-hydrogen) atoms. The molecule has 0 bridgehead atoms. The lowest BCUT2D eigenvalue weighted by molar-refractivity contribution is 0.594. The number of rotatable bonds is 3. The van der Waals surface area contributed by atoms with Gasteiger partial charge in [0.05, 0.1) is 4.90 Å². The van der Waals surface area contributed by atoms with E-state index in [0.717, 1.165) is 30.5 Å². The van der Waals surface area contributed by atoms with E-state index in [4.69, 9.17) is 11.6 Å². The van der Waals surface area contributed by atoms with E-state index in [1.807, 2.05) is 0 Å². The van der Waals surface area contributed by atoms with E-state index < -0.39 is 9.84 Å². The van der Waals surface area contributed by atoms with E-state index in [2.05, 4.69) is 10.1 Å². The Bertz CT molecular complexity index is 1050. The predicted molar refractivity (Wildman–Crippen MR) is 93.7 cm³/mol. The van der Waals surface area contributed by atoms with Gasteiger partial charge in [0.1, 0.15) is 10.2 Å². The van der Waals surface area contributed by atoms with Crippen LogP contribution >= 0.6 is 23.4 Å². The highest BCUT2D eigenvalue weighted by Crippen LogP contribution is 2.36. The van der Waals surface area contributed by atoms with E-state index in [9.17, 15) is 8.42 Å². The predicted octanol–water partition coefficient (Wildman–Crippen LogP) is 3.43. The molecule has 0 amide bonds. The summed E-state index contributed by atoms with van der Waals surface area (Å²) >= 11 is 7.76. The second-order valence-corrected chi connectivity index (χ2v) is 8.61. The molecule has 0 aliphatic heterocycles. The fourth-order valence-corrected chi connectivity index (χ4v) is 5.76. The molecule has 124 valence electrons. The minimum Gasteiger partial charge on any atom is -0.232 e. The summed E-state index contributed by atoms with van der Waals surface area (Å²) in [6.07, 6.45) is 4.45. The van der Waals surface area contributed by atoms with Crippen molar-refractivity contribution < 1.29 is 8.42 Å². The van der Waals surface area contributed by atoms with Gasteiger partial charge in [0.25, 0.3) is 0 Å². The van der Waals surface area contributed by atoms with E-state index in [0.29, 0.717) is 15.8 Å². The fourth-order valence-electron chi connectivity index (χ4n) is 3.03. The van der Waals surface area contributed by atoms with Gasteiger partial charge in [-0.1, -0.05) is 29.8 Å². The number of benzene rings is 1. The molecule has 0 spiro atoms. The number of thioether (sulfide) groups is 1. The Kier molecular flexibility index (Phi) is 3.82. The van der Waals surface area contributed by atoms with Crippen LogP contribution in [-0.4, -0.2) is 29.3 Å². The molecular formula is C16H14ClN3O2S2. The second-order valence-electron chi connectivity index (χ2n) is 5.57. The largest absolute Gasteiger partial charge is 0.232 e. The number of hydrogen-bond donors (Lipinski definition) is 0. The molecule has 5 nitrogen and oxygen atoms in total. The van der Waals surface area contributed by atoms with Gasteiger partial charge in [-0.3, -0.25) is 0 Å². The summed E-state index contributed by atoms with van der Waals surface area (Å²) in [6.45, 7) is 0. The van der Waals surface area contributed by atoms with E-state index in [1.165, 1.54) is 16.3 Å². The first-order valence-electron chi connectivity index (χ1n) is 7.48. The summed E-state index contributed by atoms with van der Waals surface area (Å²) in [7, 11) is -3.72. The molecule has 0 unspecified atom stereocenters. The molecule has 0 atom stereocenters. The SMILES string of the molecule is CSc1nn2c(Cl)c3c(nc2c1S(=O)(=O)c1ccccc1)CCC3. The normalized spacial score (nSPS) is 14.2. The molecule has 1 aliphatic carbocycles. The highest BCUT2D eigenvalue weighted by Gasteiger charge is 2.31. The number of aromatic nitrogens is 3. The quantitative estimate of drug-likeness (QED) is 0.515. The highest BCUT2D eigenvalue weighted by atomic mass is 35.5. The van der Waals surface area contributed by atoms with Gasteiger partial charge in [-0.05, 0) is 37.7 Å². The number of sulfone groups is 1. The molecule has 4 rings (SSSR count). The van der Waals surface area contributed by atoms with E-state index >= 15 is 0 Å². The van der Waals surface area contributed by atoms with Gasteiger partial charge >= 0.3 is 0 Å². The van der Waals surface area contributed by atoms with Crippen molar-refractivity contribution in [3.63, 3.8) is 0 Å². The van der Waals surface area contributed by atoms with E-state index in [-0.39, 0.29) is 9.79 Å². The zero-order valence-corrected chi connectivity index (χ0v) is 15.2. The first kappa shape index (κ1) is 15.9. The van der Waals surface area contributed by atoms with Crippen molar-refractivity contribution in [1.29, 1.82) is 0 Å². The van der Waals surface area contributed by atoms with Crippen molar-refractivity contribution in [1.82, 2.24) is 14.6 Å². The lowest BCUT2D eigenvalue weighted by atomic mass is 10.3. The minimum absolute atomic E-state index is 0.137. The topological polar surface area (TPSA) is 64.3 Å². The molecule has 8 heteroatoms. The number of nitrogens with zero attached hydrogens (tertiary/aromatic N) is 3. The Morgan fingerprint density at radius 1 is 1.21 bits per heavy atom. The molecule has 3 aromatic rings. The summed E-state index contributed by atoms with van der Waals surface area (Å²) < 4.78 is 27.8. The van der Waals surface area contributed by atoms with Gasteiger partial charge in [-0.25, -0.2) is 17.9 Å².